The Balaban J connectivity index is 1.61. The first kappa shape index (κ1) is 17.2. The number of para-hydroxylation sites is 1. The molecular weight excluding hydrogens is 342 g/mol. The Hall–Kier alpha value is -2.60. The third-order valence-electron chi connectivity index (χ3n) is 3.72. The highest BCUT2D eigenvalue weighted by Gasteiger charge is 2.12. The number of hydrogen-bond donors (Lipinski definition) is 1. The summed E-state index contributed by atoms with van der Waals surface area (Å²) in [5, 5.41) is 3.67. The zero-order chi connectivity index (χ0) is 17.8. The maximum Gasteiger partial charge on any atom is 0.244 e. The molecule has 1 aromatic heterocycles. The molecule has 0 aliphatic carbocycles. The normalized spacial score (nSPS) is 12.6. The van der Waals surface area contributed by atoms with Crippen molar-refractivity contribution >= 4 is 33.5 Å². The molecule has 0 saturated carbocycles. The van der Waals surface area contributed by atoms with Crippen LogP contribution in [0.1, 0.15) is 23.4 Å². The molecule has 1 unspecified atom stereocenters. The highest BCUT2D eigenvalue weighted by Crippen LogP contribution is 2.26. The molecule has 1 amide bonds. The van der Waals surface area contributed by atoms with E-state index in [-0.39, 0.29) is 11.5 Å². The number of fused-ring (bicyclic) bond motifs is 1. The number of hydrogen-bond acceptors (Lipinski definition) is 3. The predicted octanol–water partition coefficient (Wildman–Crippen LogP) is 4.51. The lowest BCUT2D eigenvalue weighted by Crippen LogP contribution is -2.25. The summed E-state index contributed by atoms with van der Waals surface area (Å²) < 4.78 is 28.1. The highest BCUT2D eigenvalue weighted by atomic mass is 32.1. The summed E-state index contributed by atoms with van der Waals surface area (Å²) in [6.45, 7) is 2.36. The summed E-state index contributed by atoms with van der Waals surface area (Å²) in [4.78, 5) is 16.4. The first-order chi connectivity index (χ1) is 12.0. The lowest BCUT2D eigenvalue weighted by molar-refractivity contribution is -0.116. The Morgan fingerprint density at radius 1 is 1.20 bits per heavy atom. The minimum absolute atomic E-state index is 0.0416. The minimum Gasteiger partial charge on any atom is -0.352 e. The van der Waals surface area contributed by atoms with Crippen molar-refractivity contribution in [1.29, 1.82) is 0 Å². The largest absolute Gasteiger partial charge is 0.352 e. The summed E-state index contributed by atoms with van der Waals surface area (Å²) in [6.07, 6.45) is 2.27. The minimum atomic E-state index is -0.702. The quantitative estimate of drug-likeness (QED) is 0.682. The number of rotatable bonds is 5. The first-order valence-electron chi connectivity index (χ1n) is 7.80. The number of halogens is 2. The molecule has 0 bridgehead atoms. The molecule has 1 heterocycles. The molecule has 0 aliphatic rings. The second-order valence-electron chi connectivity index (χ2n) is 5.63. The summed E-state index contributed by atoms with van der Waals surface area (Å²) in [7, 11) is 0. The van der Waals surface area contributed by atoms with Crippen molar-refractivity contribution in [1.82, 2.24) is 10.3 Å². The smallest absolute Gasteiger partial charge is 0.244 e. The number of carbonyl (C=O) groups excluding carboxylic acids is 1. The van der Waals surface area contributed by atoms with E-state index in [9.17, 15) is 13.6 Å². The van der Waals surface area contributed by atoms with Crippen LogP contribution in [0.15, 0.2) is 48.5 Å². The first-order valence-corrected chi connectivity index (χ1v) is 8.61. The molecule has 2 aromatic carbocycles. The predicted molar refractivity (Wildman–Crippen MR) is 96.4 cm³/mol. The molecule has 0 spiro atoms. The maximum atomic E-state index is 13.5. The molecule has 0 fully saturated rings. The fourth-order valence-electron chi connectivity index (χ4n) is 2.33. The van der Waals surface area contributed by atoms with Gasteiger partial charge in [0.25, 0.3) is 0 Å². The van der Waals surface area contributed by atoms with Gasteiger partial charge < -0.3 is 5.32 Å². The Bertz CT molecular complexity index is 883. The molecule has 6 heteroatoms. The van der Waals surface area contributed by atoms with Crippen LogP contribution in [0, 0.1) is 11.6 Å². The van der Waals surface area contributed by atoms with Gasteiger partial charge in [-0.25, -0.2) is 13.8 Å². The van der Waals surface area contributed by atoms with Crippen molar-refractivity contribution in [3.8, 4) is 0 Å². The Kier molecular flexibility index (Phi) is 5.19. The van der Waals surface area contributed by atoms with E-state index in [1.54, 1.807) is 11.3 Å². The van der Waals surface area contributed by atoms with E-state index in [1.165, 1.54) is 6.07 Å². The molecule has 128 valence electrons. The van der Waals surface area contributed by atoms with E-state index in [4.69, 9.17) is 0 Å². The van der Waals surface area contributed by atoms with Crippen molar-refractivity contribution < 1.29 is 13.6 Å². The van der Waals surface area contributed by atoms with Gasteiger partial charge >= 0.3 is 0 Å². The van der Waals surface area contributed by atoms with Crippen LogP contribution in [0.2, 0.25) is 0 Å². The lowest BCUT2D eigenvalue weighted by Gasteiger charge is -2.08. The summed E-state index contributed by atoms with van der Waals surface area (Å²) in [6, 6.07) is 11.4. The van der Waals surface area contributed by atoms with E-state index < -0.39 is 17.5 Å². The van der Waals surface area contributed by atoms with Crippen LogP contribution in [0.25, 0.3) is 16.3 Å². The van der Waals surface area contributed by atoms with Crippen LogP contribution < -0.4 is 5.32 Å². The Morgan fingerprint density at radius 3 is 2.64 bits per heavy atom. The molecular formula is C19H16F2N2OS. The Labute approximate surface area is 148 Å². The van der Waals surface area contributed by atoms with Crippen molar-refractivity contribution in [2.75, 3.05) is 6.54 Å². The van der Waals surface area contributed by atoms with Crippen molar-refractivity contribution in [3.63, 3.8) is 0 Å². The van der Waals surface area contributed by atoms with Gasteiger partial charge in [-0.15, -0.1) is 11.3 Å². The van der Waals surface area contributed by atoms with Crippen molar-refractivity contribution in [3.05, 3.63) is 70.7 Å². The number of carbonyl (C=O) groups is 1. The Morgan fingerprint density at radius 2 is 1.92 bits per heavy atom. The average Bonchev–Trinajstić information content (AvgIpc) is 3.03. The van der Waals surface area contributed by atoms with E-state index in [1.807, 2.05) is 31.2 Å². The van der Waals surface area contributed by atoms with Crippen LogP contribution in [0.5, 0.6) is 0 Å². The summed E-state index contributed by atoms with van der Waals surface area (Å²) in [5.74, 6) is -1.77. The molecule has 0 saturated heterocycles. The van der Waals surface area contributed by atoms with Gasteiger partial charge in [-0.05, 0) is 30.3 Å². The lowest BCUT2D eigenvalue weighted by atomic mass is 10.1. The number of benzene rings is 2. The standard InChI is InChI=1S/C19H16F2N2OS/c1-12(19-23-16-7-2-3-8-17(16)25-19)11-22-18(24)10-9-13-14(20)5-4-6-15(13)21/h2-10,12H,11H2,1H3,(H,22,24). The number of thiazole rings is 1. The van der Waals surface area contributed by atoms with Crippen LogP contribution in [0.4, 0.5) is 8.78 Å². The molecule has 3 aromatic rings. The number of aromatic nitrogens is 1. The number of nitrogens with one attached hydrogen (secondary N) is 1. The molecule has 25 heavy (non-hydrogen) atoms. The third kappa shape index (κ3) is 4.09. The topological polar surface area (TPSA) is 42.0 Å². The molecule has 1 N–H and O–H groups in total. The van der Waals surface area contributed by atoms with Gasteiger partial charge in [-0.1, -0.05) is 25.1 Å². The van der Waals surface area contributed by atoms with Gasteiger partial charge in [0.2, 0.25) is 5.91 Å². The molecule has 1 atom stereocenters. The molecule has 3 rings (SSSR count). The third-order valence-corrected chi connectivity index (χ3v) is 4.98. The van der Waals surface area contributed by atoms with Gasteiger partial charge in [0, 0.05) is 24.1 Å². The van der Waals surface area contributed by atoms with E-state index in [0.717, 1.165) is 39.5 Å². The zero-order valence-corrected chi connectivity index (χ0v) is 14.3. The molecule has 3 nitrogen and oxygen atoms in total. The summed E-state index contributed by atoms with van der Waals surface area (Å²) in [5.41, 5.74) is 0.715. The average molecular weight is 358 g/mol. The highest BCUT2D eigenvalue weighted by molar-refractivity contribution is 7.18. The molecule has 0 aliphatic heterocycles. The zero-order valence-electron chi connectivity index (χ0n) is 13.5. The number of amides is 1. The van der Waals surface area contributed by atoms with Gasteiger partial charge in [-0.3, -0.25) is 4.79 Å². The second-order valence-corrected chi connectivity index (χ2v) is 6.70. The van der Waals surface area contributed by atoms with Crippen LogP contribution in [0.3, 0.4) is 0 Å². The monoisotopic (exact) mass is 358 g/mol. The summed E-state index contributed by atoms with van der Waals surface area (Å²) >= 11 is 1.59. The van der Waals surface area contributed by atoms with Crippen LogP contribution >= 0.6 is 11.3 Å². The number of nitrogens with zero attached hydrogens (tertiary/aromatic N) is 1. The van der Waals surface area contributed by atoms with E-state index in [0.29, 0.717) is 6.54 Å². The van der Waals surface area contributed by atoms with Crippen LogP contribution in [-0.2, 0) is 4.79 Å². The van der Waals surface area contributed by atoms with Gasteiger partial charge in [0.05, 0.1) is 15.2 Å². The van der Waals surface area contributed by atoms with Crippen molar-refractivity contribution in [2.24, 2.45) is 0 Å². The fourth-order valence-corrected chi connectivity index (χ4v) is 3.35. The SMILES string of the molecule is CC(CNC(=O)C=Cc1c(F)cccc1F)c1nc2ccccc2s1. The van der Waals surface area contributed by atoms with E-state index >= 15 is 0 Å². The van der Waals surface area contributed by atoms with E-state index in [2.05, 4.69) is 10.3 Å². The molecule has 0 radical (unpaired) electrons. The van der Waals surface area contributed by atoms with Gasteiger partial charge in [0.1, 0.15) is 11.6 Å². The van der Waals surface area contributed by atoms with Crippen molar-refractivity contribution in [2.45, 2.75) is 12.8 Å². The second kappa shape index (κ2) is 7.53. The van der Waals surface area contributed by atoms with Gasteiger partial charge in [-0.2, -0.15) is 0 Å². The fraction of sp³-hybridized carbons (Fsp3) is 0.158. The maximum absolute atomic E-state index is 13.5. The van der Waals surface area contributed by atoms with Crippen LogP contribution in [-0.4, -0.2) is 17.4 Å². The van der Waals surface area contributed by atoms with Gasteiger partial charge in [0.15, 0.2) is 0 Å².